The summed E-state index contributed by atoms with van der Waals surface area (Å²) in [6.45, 7) is 2.51. The van der Waals surface area contributed by atoms with Crippen LogP contribution in [0.1, 0.15) is 19.8 Å². The standard InChI is InChI=1S/C12H16N4O/c1-2-11-10(3-6-13)12(17)16(15-11)9-4-7-14-8-5-9/h4-5,7-8,10H,2-3,6,13H2,1H3. The van der Waals surface area contributed by atoms with Gasteiger partial charge in [-0.2, -0.15) is 5.10 Å². The fraction of sp³-hybridized carbons (Fsp3) is 0.417. The number of aromatic nitrogens is 1. The Kier molecular flexibility index (Phi) is 3.49. The molecule has 90 valence electrons. The number of nitrogens with zero attached hydrogens (tertiary/aromatic N) is 3. The first-order valence-corrected chi connectivity index (χ1v) is 5.79. The Labute approximate surface area is 100 Å². The number of pyridine rings is 1. The van der Waals surface area contributed by atoms with E-state index < -0.39 is 0 Å². The number of anilines is 1. The predicted molar refractivity (Wildman–Crippen MR) is 66.6 cm³/mol. The first-order chi connectivity index (χ1) is 8.27. The molecule has 0 bridgehead atoms. The fourth-order valence-electron chi connectivity index (χ4n) is 1.98. The van der Waals surface area contributed by atoms with Crippen LogP contribution in [0.2, 0.25) is 0 Å². The van der Waals surface area contributed by atoms with Gasteiger partial charge in [-0.05, 0) is 31.5 Å². The van der Waals surface area contributed by atoms with Gasteiger partial charge in [0.2, 0.25) is 0 Å². The molecule has 0 aliphatic carbocycles. The quantitative estimate of drug-likeness (QED) is 0.846. The third-order valence-corrected chi connectivity index (χ3v) is 2.86. The molecule has 0 saturated carbocycles. The minimum absolute atomic E-state index is 0.0125. The lowest BCUT2D eigenvalue weighted by atomic mass is 9.98. The summed E-state index contributed by atoms with van der Waals surface area (Å²) < 4.78 is 0. The number of rotatable bonds is 4. The Balaban J connectivity index is 2.27. The molecule has 1 aromatic heterocycles. The topological polar surface area (TPSA) is 71.6 Å². The molecule has 1 unspecified atom stereocenters. The minimum Gasteiger partial charge on any atom is -0.330 e. The Bertz CT molecular complexity index is 429. The fourth-order valence-corrected chi connectivity index (χ4v) is 1.98. The average molecular weight is 232 g/mol. The van der Waals surface area contributed by atoms with Crippen molar-refractivity contribution < 1.29 is 4.79 Å². The van der Waals surface area contributed by atoms with E-state index in [1.165, 1.54) is 5.01 Å². The summed E-state index contributed by atoms with van der Waals surface area (Å²) >= 11 is 0. The van der Waals surface area contributed by atoms with Gasteiger partial charge in [-0.15, -0.1) is 0 Å². The van der Waals surface area contributed by atoms with Gasteiger partial charge in [0.15, 0.2) is 0 Å². The highest BCUT2D eigenvalue weighted by Gasteiger charge is 2.34. The number of nitrogens with two attached hydrogens (primary N) is 1. The lowest BCUT2D eigenvalue weighted by Gasteiger charge is -2.13. The molecule has 0 spiro atoms. The summed E-state index contributed by atoms with van der Waals surface area (Å²) in [5.41, 5.74) is 7.21. The number of hydrogen-bond acceptors (Lipinski definition) is 4. The smallest absolute Gasteiger partial charge is 0.256 e. The van der Waals surface area contributed by atoms with Crippen LogP contribution in [0, 0.1) is 5.92 Å². The molecule has 1 aliphatic rings. The van der Waals surface area contributed by atoms with Gasteiger partial charge in [-0.1, -0.05) is 6.92 Å². The van der Waals surface area contributed by atoms with E-state index in [4.69, 9.17) is 5.73 Å². The van der Waals surface area contributed by atoms with E-state index in [-0.39, 0.29) is 11.8 Å². The van der Waals surface area contributed by atoms with E-state index in [1.54, 1.807) is 24.5 Å². The maximum atomic E-state index is 12.2. The van der Waals surface area contributed by atoms with Crippen molar-refractivity contribution in [2.75, 3.05) is 11.6 Å². The molecule has 5 nitrogen and oxygen atoms in total. The SMILES string of the molecule is CCC1=NN(c2ccncc2)C(=O)C1CCN. The summed E-state index contributed by atoms with van der Waals surface area (Å²) in [7, 11) is 0. The van der Waals surface area contributed by atoms with Crippen molar-refractivity contribution in [2.24, 2.45) is 16.8 Å². The summed E-state index contributed by atoms with van der Waals surface area (Å²) in [5.74, 6) is -0.142. The second-order valence-corrected chi connectivity index (χ2v) is 3.93. The Morgan fingerprint density at radius 2 is 2.12 bits per heavy atom. The summed E-state index contributed by atoms with van der Waals surface area (Å²) in [6, 6.07) is 3.55. The summed E-state index contributed by atoms with van der Waals surface area (Å²) in [4.78, 5) is 16.1. The normalized spacial score (nSPS) is 19.6. The van der Waals surface area contributed by atoms with Gasteiger partial charge in [-0.3, -0.25) is 9.78 Å². The molecule has 2 heterocycles. The second kappa shape index (κ2) is 5.05. The molecule has 2 N–H and O–H groups in total. The Morgan fingerprint density at radius 1 is 1.41 bits per heavy atom. The van der Waals surface area contributed by atoms with E-state index in [9.17, 15) is 4.79 Å². The monoisotopic (exact) mass is 232 g/mol. The molecular weight excluding hydrogens is 216 g/mol. The van der Waals surface area contributed by atoms with Crippen LogP contribution in [0.25, 0.3) is 0 Å². The van der Waals surface area contributed by atoms with Crippen LogP contribution in [0.15, 0.2) is 29.6 Å². The Hall–Kier alpha value is -1.75. The van der Waals surface area contributed by atoms with Gasteiger partial charge < -0.3 is 5.73 Å². The summed E-state index contributed by atoms with van der Waals surface area (Å²) in [5, 5.41) is 5.83. The van der Waals surface area contributed by atoms with Crippen LogP contribution in [0.4, 0.5) is 5.69 Å². The largest absolute Gasteiger partial charge is 0.330 e. The molecule has 0 saturated heterocycles. The van der Waals surface area contributed by atoms with E-state index in [0.717, 1.165) is 17.8 Å². The van der Waals surface area contributed by atoms with E-state index in [1.807, 2.05) is 6.92 Å². The van der Waals surface area contributed by atoms with Crippen molar-refractivity contribution in [3.63, 3.8) is 0 Å². The third-order valence-electron chi connectivity index (χ3n) is 2.86. The molecule has 0 radical (unpaired) electrons. The number of carbonyl (C=O) groups is 1. The zero-order chi connectivity index (χ0) is 12.3. The maximum absolute atomic E-state index is 12.2. The molecule has 5 heteroatoms. The predicted octanol–water partition coefficient (Wildman–Crippen LogP) is 1.16. The van der Waals surface area contributed by atoms with Gasteiger partial charge in [-0.25, -0.2) is 5.01 Å². The van der Waals surface area contributed by atoms with Gasteiger partial charge in [0.25, 0.3) is 5.91 Å². The molecule has 1 atom stereocenters. The van der Waals surface area contributed by atoms with E-state index in [2.05, 4.69) is 10.1 Å². The molecule has 2 rings (SSSR count). The van der Waals surface area contributed by atoms with Crippen LogP contribution >= 0.6 is 0 Å². The number of amides is 1. The van der Waals surface area contributed by atoms with Crippen molar-refractivity contribution in [1.82, 2.24) is 4.98 Å². The molecule has 1 aliphatic heterocycles. The number of hydrogen-bond donors (Lipinski definition) is 1. The minimum atomic E-state index is -0.154. The molecule has 0 aromatic carbocycles. The first-order valence-electron chi connectivity index (χ1n) is 5.79. The van der Waals surface area contributed by atoms with Gasteiger partial charge in [0, 0.05) is 12.4 Å². The van der Waals surface area contributed by atoms with Gasteiger partial charge in [0.1, 0.15) is 0 Å². The lowest BCUT2D eigenvalue weighted by Crippen LogP contribution is -2.29. The molecule has 17 heavy (non-hydrogen) atoms. The maximum Gasteiger partial charge on any atom is 0.256 e. The first kappa shape index (κ1) is 11.7. The van der Waals surface area contributed by atoms with Crippen molar-refractivity contribution in [3.05, 3.63) is 24.5 Å². The molecular formula is C12H16N4O. The lowest BCUT2D eigenvalue weighted by molar-refractivity contribution is -0.119. The highest BCUT2D eigenvalue weighted by Crippen LogP contribution is 2.25. The highest BCUT2D eigenvalue weighted by atomic mass is 16.2. The van der Waals surface area contributed by atoms with Crippen LogP contribution in [0.5, 0.6) is 0 Å². The van der Waals surface area contributed by atoms with Crippen molar-refractivity contribution in [1.29, 1.82) is 0 Å². The van der Waals surface area contributed by atoms with Crippen molar-refractivity contribution in [3.8, 4) is 0 Å². The van der Waals surface area contributed by atoms with Crippen molar-refractivity contribution in [2.45, 2.75) is 19.8 Å². The van der Waals surface area contributed by atoms with E-state index in [0.29, 0.717) is 13.0 Å². The number of carbonyl (C=O) groups excluding carboxylic acids is 1. The third kappa shape index (κ3) is 2.19. The zero-order valence-electron chi connectivity index (χ0n) is 9.84. The molecule has 1 aromatic rings. The Morgan fingerprint density at radius 3 is 2.71 bits per heavy atom. The van der Waals surface area contributed by atoms with E-state index >= 15 is 0 Å². The summed E-state index contributed by atoms with van der Waals surface area (Å²) in [6.07, 6.45) is 4.74. The van der Waals surface area contributed by atoms with Gasteiger partial charge >= 0.3 is 0 Å². The van der Waals surface area contributed by atoms with Gasteiger partial charge in [0.05, 0.1) is 17.3 Å². The van der Waals surface area contributed by atoms with Crippen LogP contribution in [0.3, 0.4) is 0 Å². The van der Waals surface area contributed by atoms with Crippen LogP contribution in [-0.2, 0) is 4.79 Å². The van der Waals surface area contributed by atoms with Crippen LogP contribution < -0.4 is 10.7 Å². The molecule has 1 amide bonds. The second-order valence-electron chi connectivity index (χ2n) is 3.93. The van der Waals surface area contributed by atoms with Crippen LogP contribution in [-0.4, -0.2) is 23.1 Å². The average Bonchev–Trinajstić information content (AvgIpc) is 2.69. The van der Waals surface area contributed by atoms with Crippen molar-refractivity contribution >= 4 is 17.3 Å². The zero-order valence-corrected chi connectivity index (χ0v) is 9.84. The highest BCUT2D eigenvalue weighted by molar-refractivity contribution is 6.15. The number of hydrazone groups is 1. The molecule has 0 fully saturated rings.